The standard InChI is InChI=1S/C10H9ClN2O/c11-7-1-3-8(4-2-7)13-9-5-10(14)12-6-9/h1-5,13H,6H2,(H,12,14). The first kappa shape index (κ1) is 9.09. The van der Waals surface area contributed by atoms with Crippen molar-refractivity contribution >= 4 is 23.2 Å². The topological polar surface area (TPSA) is 41.1 Å². The number of benzene rings is 1. The average molecular weight is 209 g/mol. The van der Waals surface area contributed by atoms with Crippen LogP contribution >= 0.6 is 11.6 Å². The molecule has 0 spiro atoms. The highest BCUT2D eigenvalue weighted by Gasteiger charge is 2.09. The average Bonchev–Trinajstić information content (AvgIpc) is 2.56. The van der Waals surface area contributed by atoms with E-state index in [-0.39, 0.29) is 5.91 Å². The van der Waals surface area contributed by atoms with Crippen molar-refractivity contribution in [1.29, 1.82) is 0 Å². The van der Waals surface area contributed by atoms with E-state index in [1.807, 2.05) is 12.1 Å². The van der Waals surface area contributed by atoms with Crippen LogP contribution in [0.3, 0.4) is 0 Å². The maximum atomic E-state index is 10.8. The second-order valence-corrected chi connectivity index (χ2v) is 3.46. The Labute approximate surface area is 86.8 Å². The van der Waals surface area contributed by atoms with Gasteiger partial charge in [-0.25, -0.2) is 0 Å². The van der Waals surface area contributed by atoms with E-state index in [0.29, 0.717) is 11.6 Å². The van der Waals surface area contributed by atoms with Gasteiger partial charge in [-0.15, -0.1) is 0 Å². The second-order valence-electron chi connectivity index (χ2n) is 3.02. The molecule has 1 aromatic rings. The highest BCUT2D eigenvalue weighted by Crippen LogP contribution is 2.15. The molecule has 0 saturated carbocycles. The van der Waals surface area contributed by atoms with Gasteiger partial charge in [-0.3, -0.25) is 4.79 Å². The van der Waals surface area contributed by atoms with E-state index in [4.69, 9.17) is 11.6 Å². The van der Waals surface area contributed by atoms with Gasteiger partial charge in [0.25, 0.3) is 0 Å². The molecule has 1 aliphatic rings. The number of nitrogens with one attached hydrogen (secondary N) is 2. The van der Waals surface area contributed by atoms with E-state index in [9.17, 15) is 4.79 Å². The summed E-state index contributed by atoms with van der Waals surface area (Å²) in [4.78, 5) is 10.8. The molecule has 0 saturated heterocycles. The van der Waals surface area contributed by atoms with Crippen molar-refractivity contribution in [2.75, 3.05) is 11.9 Å². The summed E-state index contributed by atoms with van der Waals surface area (Å²) in [6.07, 6.45) is 1.55. The third kappa shape index (κ3) is 2.06. The number of anilines is 1. The molecule has 4 heteroatoms. The van der Waals surface area contributed by atoms with Gasteiger partial charge in [-0.1, -0.05) is 11.6 Å². The van der Waals surface area contributed by atoms with Gasteiger partial charge in [0.15, 0.2) is 0 Å². The quantitative estimate of drug-likeness (QED) is 0.778. The zero-order valence-electron chi connectivity index (χ0n) is 7.38. The smallest absolute Gasteiger partial charge is 0.246 e. The van der Waals surface area contributed by atoms with Crippen LogP contribution in [0, 0.1) is 0 Å². The first-order chi connectivity index (χ1) is 6.74. The van der Waals surface area contributed by atoms with Crippen LogP contribution in [0.15, 0.2) is 36.0 Å². The molecule has 1 aromatic carbocycles. The molecule has 14 heavy (non-hydrogen) atoms. The second kappa shape index (κ2) is 3.72. The summed E-state index contributed by atoms with van der Waals surface area (Å²) >= 11 is 5.74. The largest absolute Gasteiger partial charge is 0.357 e. The fourth-order valence-electron chi connectivity index (χ4n) is 1.24. The lowest BCUT2D eigenvalue weighted by atomic mass is 10.3. The Kier molecular flexibility index (Phi) is 2.41. The Bertz CT molecular complexity index is 384. The van der Waals surface area contributed by atoms with Gasteiger partial charge in [0.2, 0.25) is 5.91 Å². The zero-order chi connectivity index (χ0) is 9.97. The molecular weight excluding hydrogens is 200 g/mol. The predicted octanol–water partition coefficient (Wildman–Crippen LogP) is 1.77. The van der Waals surface area contributed by atoms with E-state index < -0.39 is 0 Å². The lowest BCUT2D eigenvalue weighted by molar-refractivity contribution is -0.115. The van der Waals surface area contributed by atoms with Crippen LogP contribution in [-0.4, -0.2) is 12.5 Å². The molecule has 1 heterocycles. The van der Waals surface area contributed by atoms with Gasteiger partial charge in [0.1, 0.15) is 0 Å². The molecule has 0 aromatic heterocycles. The molecule has 2 N–H and O–H groups in total. The lowest BCUT2D eigenvalue weighted by Crippen LogP contribution is -2.16. The zero-order valence-corrected chi connectivity index (χ0v) is 8.14. The third-order valence-electron chi connectivity index (χ3n) is 1.91. The van der Waals surface area contributed by atoms with Crippen LogP contribution < -0.4 is 10.6 Å². The number of amides is 1. The Balaban J connectivity index is 2.08. The first-order valence-electron chi connectivity index (χ1n) is 4.25. The summed E-state index contributed by atoms with van der Waals surface area (Å²) in [5, 5.41) is 6.50. The van der Waals surface area contributed by atoms with Crippen molar-refractivity contribution in [3.63, 3.8) is 0 Å². The van der Waals surface area contributed by atoms with E-state index in [1.54, 1.807) is 18.2 Å². The molecule has 3 nitrogen and oxygen atoms in total. The summed E-state index contributed by atoms with van der Waals surface area (Å²) < 4.78 is 0. The Morgan fingerprint density at radius 1 is 1.29 bits per heavy atom. The molecule has 0 atom stereocenters. The van der Waals surface area contributed by atoms with Crippen molar-refractivity contribution in [2.24, 2.45) is 0 Å². The monoisotopic (exact) mass is 208 g/mol. The number of rotatable bonds is 2. The van der Waals surface area contributed by atoms with Gasteiger partial charge in [0, 0.05) is 22.5 Å². The van der Waals surface area contributed by atoms with Crippen LogP contribution in [0.5, 0.6) is 0 Å². The van der Waals surface area contributed by atoms with Crippen molar-refractivity contribution in [3.05, 3.63) is 41.1 Å². The molecule has 0 unspecified atom stereocenters. The fourth-order valence-corrected chi connectivity index (χ4v) is 1.37. The van der Waals surface area contributed by atoms with Crippen LogP contribution in [0.4, 0.5) is 5.69 Å². The van der Waals surface area contributed by atoms with Crippen molar-refractivity contribution in [1.82, 2.24) is 5.32 Å². The minimum Gasteiger partial charge on any atom is -0.357 e. The Morgan fingerprint density at radius 3 is 2.57 bits per heavy atom. The maximum Gasteiger partial charge on any atom is 0.246 e. The minimum absolute atomic E-state index is 0.0542. The van der Waals surface area contributed by atoms with Crippen LogP contribution in [0.1, 0.15) is 0 Å². The molecule has 0 radical (unpaired) electrons. The summed E-state index contributed by atoms with van der Waals surface area (Å²) in [7, 11) is 0. The minimum atomic E-state index is -0.0542. The molecule has 0 bridgehead atoms. The van der Waals surface area contributed by atoms with Gasteiger partial charge in [-0.05, 0) is 24.3 Å². The summed E-state index contributed by atoms with van der Waals surface area (Å²) in [6, 6.07) is 7.33. The number of hydrogen-bond donors (Lipinski definition) is 2. The fraction of sp³-hybridized carbons (Fsp3) is 0.100. The van der Waals surface area contributed by atoms with E-state index in [2.05, 4.69) is 10.6 Å². The Hall–Kier alpha value is -1.48. The van der Waals surface area contributed by atoms with Gasteiger partial charge in [-0.2, -0.15) is 0 Å². The maximum absolute atomic E-state index is 10.8. The molecule has 2 rings (SSSR count). The predicted molar refractivity (Wildman–Crippen MR) is 56.2 cm³/mol. The number of halogens is 1. The van der Waals surface area contributed by atoms with Crippen molar-refractivity contribution in [3.8, 4) is 0 Å². The van der Waals surface area contributed by atoms with E-state index in [0.717, 1.165) is 11.4 Å². The SMILES string of the molecule is O=C1C=C(Nc2ccc(Cl)cc2)CN1. The number of hydrogen-bond acceptors (Lipinski definition) is 2. The summed E-state index contributed by atoms with van der Waals surface area (Å²) in [6.45, 7) is 0.557. The van der Waals surface area contributed by atoms with Crippen molar-refractivity contribution < 1.29 is 4.79 Å². The lowest BCUT2D eigenvalue weighted by Gasteiger charge is -2.05. The number of carbonyl (C=O) groups is 1. The van der Waals surface area contributed by atoms with Gasteiger partial charge >= 0.3 is 0 Å². The molecular formula is C10H9ClN2O. The highest BCUT2D eigenvalue weighted by atomic mass is 35.5. The van der Waals surface area contributed by atoms with Gasteiger partial charge in [0.05, 0.1) is 6.54 Å². The molecule has 0 fully saturated rings. The van der Waals surface area contributed by atoms with Crippen LogP contribution in [0.25, 0.3) is 0 Å². The third-order valence-corrected chi connectivity index (χ3v) is 2.16. The summed E-state index contributed by atoms with van der Waals surface area (Å²) in [5.41, 5.74) is 1.80. The van der Waals surface area contributed by atoms with Gasteiger partial charge < -0.3 is 10.6 Å². The molecule has 0 aliphatic carbocycles. The Morgan fingerprint density at radius 2 is 2.00 bits per heavy atom. The molecule has 1 aliphatic heterocycles. The first-order valence-corrected chi connectivity index (χ1v) is 4.63. The molecule has 72 valence electrons. The van der Waals surface area contributed by atoms with Crippen LogP contribution in [-0.2, 0) is 4.79 Å². The number of carbonyl (C=O) groups excluding carboxylic acids is 1. The highest BCUT2D eigenvalue weighted by molar-refractivity contribution is 6.30. The van der Waals surface area contributed by atoms with E-state index >= 15 is 0 Å². The molecule has 1 amide bonds. The van der Waals surface area contributed by atoms with Crippen molar-refractivity contribution in [2.45, 2.75) is 0 Å². The normalized spacial score (nSPS) is 14.9. The summed E-state index contributed by atoms with van der Waals surface area (Å²) in [5.74, 6) is -0.0542. The van der Waals surface area contributed by atoms with E-state index in [1.165, 1.54) is 0 Å². The van der Waals surface area contributed by atoms with Crippen LogP contribution in [0.2, 0.25) is 5.02 Å².